The average Bonchev–Trinajstić information content (AvgIpc) is 3.29. The molecule has 1 aliphatic rings. The summed E-state index contributed by atoms with van der Waals surface area (Å²) in [5, 5.41) is 0. The summed E-state index contributed by atoms with van der Waals surface area (Å²) in [5.74, 6) is 0.881. The van der Waals surface area contributed by atoms with E-state index in [0.29, 0.717) is 18.0 Å². The number of rotatable bonds is 3. The maximum Gasteiger partial charge on any atom is 0.266 e. The molecule has 7 heteroatoms. The zero-order valence-corrected chi connectivity index (χ0v) is 14.8. The quantitative estimate of drug-likeness (QED) is 0.785. The van der Waals surface area contributed by atoms with Gasteiger partial charge in [0.15, 0.2) is 0 Å². The van der Waals surface area contributed by atoms with Crippen LogP contribution in [0.25, 0.3) is 0 Å². The molecule has 1 amide bonds. The van der Waals surface area contributed by atoms with E-state index in [0.717, 1.165) is 28.4 Å². The Morgan fingerprint density at radius 1 is 1.32 bits per heavy atom. The number of thiazole rings is 1. The number of imidazole rings is 1. The predicted molar refractivity (Wildman–Crippen MR) is 95.0 cm³/mol. The molecule has 0 fully saturated rings. The second kappa shape index (κ2) is 6.33. The van der Waals surface area contributed by atoms with Crippen molar-refractivity contribution >= 4 is 17.2 Å². The fourth-order valence-corrected chi connectivity index (χ4v) is 4.00. The first-order valence-electron chi connectivity index (χ1n) is 8.03. The van der Waals surface area contributed by atoms with E-state index in [4.69, 9.17) is 4.74 Å². The summed E-state index contributed by atoms with van der Waals surface area (Å²) in [6, 6.07) is 7.95. The lowest BCUT2D eigenvalue weighted by Gasteiger charge is -2.32. The number of aryl methyl sites for hydroxylation is 1. The van der Waals surface area contributed by atoms with Gasteiger partial charge in [-0.05, 0) is 24.6 Å². The maximum absolute atomic E-state index is 12.9. The average molecular weight is 354 g/mol. The van der Waals surface area contributed by atoms with E-state index in [-0.39, 0.29) is 11.8 Å². The number of aromatic amines is 1. The first kappa shape index (κ1) is 15.8. The zero-order valence-electron chi connectivity index (χ0n) is 14.0. The van der Waals surface area contributed by atoms with Crippen LogP contribution in [-0.2, 0) is 6.54 Å². The van der Waals surface area contributed by atoms with Gasteiger partial charge in [0.1, 0.15) is 10.6 Å². The lowest BCUT2D eigenvalue weighted by molar-refractivity contribution is 0.0726. The Morgan fingerprint density at radius 3 is 2.80 bits per heavy atom. The highest BCUT2D eigenvalue weighted by atomic mass is 32.1. The van der Waals surface area contributed by atoms with Gasteiger partial charge in [0, 0.05) is 12.5 Å². The minimum atomic E-state index is 0.0266. The van der Waals surface area contributed by atoms with Crippen molar-refractivity contribution in [2.24, 2.45) is 0 Å². The first-order chi connectivity index (χ1) is 12.2. The molecule has 2 aromatic heterocycles. The number of ether oxygens (including phenoxy) is 1. The second-order valence-electron chi connectivity index (χ2n) is 6.04. The topological polar surface area (TPSA) is 71.1 Å². The SMILES string of the molecule is COc1ccc(C2CN(C(=O)c3scnc3C)Cc3[nH]cnc32)cc1. The summed E-state index contributed by atoms with van der Waals surface area (Å²) in [5.41, 5.74) is 5.62. The molecule has 1 atom stereocenters. The van der Waals surface area contributed by atoms with Crippen molar-refractivity contribution in [1.29, 1.82) is 0 Å². The highest BCUT2D eigenvalue weighted by molar-refractivity contribution is 7.11. The second-order valence-corrected chi connectivity index (χ2v) is 6.90. The number of methoxy groups -OCH3 is 1. The highest BCUT2D eigenvalue weighted by Crippen LogP contribution is 2.33. The number of H-pyrrole nitrogens is 1. The van der Waals surface area contributed by atoms with Crippen molar-refractivity contribution in [3.05, 3.63) is 63.6 Å². The molecule has 1 aromatic carbocycles. The van der Waals surface area contributed by atoms with Crippen LogP contribution in [0.5, 0.6) is 5.75 Å². The van der Waals surface area contributed by atoms with Crippen molar-refractivity contribution in [2.75, 3.05) is 13.7 Å². The van der Waals surface area contributed by atoms with Crippen molar-refractivity contribution in [3.8, 4) is 5.75 Å². The van der Waals surface area contributed by atoms with Gasteiger partial charge in [0.2, 0.25) is 0 Å². The highest BCUT2D eigenvalue weighted by Gasteiger charge is 2.32. The fraction of sp³-hybridized carbons (Fsp3) is 0.278. The van der Waals surface area contributed by atoms with Gasteiger partial charge < -0.3 is 14.6 Å². The predicted octanol–water partition coefficient (Wildman–Crippen LogP) is 2.97. The van der Waals surface area contributed by atoms with Gasteiger partial charge in [0.05, 0.1) is 42.6 Å². The van der Waals surface area contributed by atoms with Crippen molar-refractivity contribution < 1.29 is 9.53 Å². The summed E-state index contributed by atoms with van der Waals surface area (Å²) in [7, 11) is 1.65. The molecule has 0 saturated heterocycles. The molecule has 6 nitrogen and oxygen atoms in total. The third-order valence-corrected chi connectivity index (χ3v) is 5.50. The zero-order chi connectivity index (χ0) is 17.4. The van der Waals surface area contributed by atoms with Crippen LogP contribution in [0.15, 0.2) is 36.1 Å². The number of hydrogen-bond acceptors (Lipinski definition) is 5. The Hall–Kier alpha value is -2.67. The van der Waals surface area contributed by atoms with Crippen LogP contribution in [0, 0.1) is 6.92 Å². The smallest absolute Gasteiger partial charge is 0.266 e. The first-order valence-corrected chi connectivity index (χ1v) is 8.90. The molecule has 1 aliphatic heterocycles. The van der Waals surface area contributed by atoms with E-state index in [1.807, 2.05) is 36.1 Å². The molecule has 0 radical (unpaired) electrons. The van der Waals surface area contributed by atoms with E-state index in [2.05, 4.69) is 15.0 Å². The number of benzene rings is 1. The number of aromatic nitrogens is 3. The van der Waals surface area contributed by atoms with Crippen LogP contribution in [0.1, 0.15) is 38.2 Å². The van der Waals surface area contributed by atoms with Crippen molar-refractivity contribution in [1.82, 2.24) is 19.9 Å². The number of fused-ring (bicyclic) bond motifs is 1. The minimum absolute atomic E-state index is 0.0266. The van der Waals surface area contributed by atoms with E-state index in [1.165, 1.54) is 11.3 Å². The molecule has 4 rings (SSSR count). The Balaban J connectivity index is 1.67. The molecular weight excluding hydrogens is 336 g/mol. The Bertz CT molecular complexity index is 900. The van der Waals surface area contributed by atoms with Crippen molar-refractivity contribution in [2.45, 2.75) is 19.4 Å². The normalized spacial score (nSPS) is 16.6. The summed E-state index contributed by atoms with van der Waals surface area (Å²) in [4.78, 5) is 27.4. The number of nitrogens with one attached hydrogen (secondary N) is 1. The Morgan fingerprint density at radius 2 is 2.12 bits per heavy atom. The minimum Gasteiger partial charge on any atom is -0.497 e. The molecule has 0 aliphatic carbocycles. The van der Waals surface area contributed by atoms with Crippen LogP contribution in [-0.4, -0.2) is 39.4 Å². The van der Waals surface area contributed by atoms with Gasteiger partial charge >= 0.3 is 0 Å². The van der Waals surface area contributed by atoms with E-state index in [1.54, 1.807) is 18.9 Å². The molecule has 1 unspecified atom stereocenters. The number of nitrogens with zero attached hydrogens (tertiary/aromatic N) is 3. The lowest BCUT2D eigenvalue weighted by atomic mass is 9.90. The van der Waals surface area contributed by atoms with Gasteiger partial charge in [-0.15, -0.1) is 11.3 Å². The number of hydrogen-bond donors (Lipinski definition) is 1. The molecule has 1 N–H and O–H groups in total. The molecule has 0 spiro atoms. The molecular formula is C18H18N4O2S. The number of carbonyl (C=O) groups is 1. The van der Waals surface area contributed by atoms with Gasteiger partial charge in [-0.1, -0.05) is 12.1 Å². The summed E-state index contributed by atoms with van der Waals surface area (Å²) >= 11 is 1.39. The van der Waals surface area contributed by atoms with Gasteiger partial charge in [0.25, 0.3) is 5.91 Å². The Labute approximate surface area is 149 Å². The van der Waals surface area contributed by atoms with Crippen LogP contribution < -0.4 is 4.74 Å². The molecule has 25 heavy (non-hydrogen) atoms. The molecule has 0 saturated carbocycles. The third-order valence-electron chi connectivity index (χ3n) is 4.58. The summed E-state index contributed by atoms with van der Waals surface area (Å²) < 4.78 is 5.24. The number of carbonyl (C=O) groups excluding carboxylic acids is 1. The molecule has 3 aromatic rings. The largest absolute Gasteiger partial charge is 0.497 e. The maximum atomic E-state index is 12.9. The summed E-state index contributed by atoms with van der Waals surface area (Å²) in [6.45, 7) is 3.01. The van der Waals surface area contributed by atoms with E-state index in [9.17, 15) is 4.79 Å². The molecule has 3 heterocycles. The van der Waals surface area contributed by atoms with Crippen LogP contribution in [0.4, 0.5) is 0 Å². The monoisotopic (exact) mass is 354 g/mol. The van der Waals surface area contributed by atoms with Crippen LogP contribution in [0.2, 0.25) is 0 Å². The number of amides is 1. The van der Waals surface area contributed by atoms with E-state index < -0.39 is 0 Å². The Kier molecular flexibility index (Phi) is 4.01. The fourth-order valence-electron chi connectivity index (χ4n) is 3.23. The molecule has 128 valence electrons. The molecule has 0 bridgehead atoms. The van der Waals surface area contributed by atoms with Crippen LogP contribution in [0.3, 0.4) is 0 Å². The van der Waals surface area contributed by atoms with E-state index >= 15 is 0 Å². The van der Waals surface area contributed by atoms with Crippen LogP contribution >= 0.6 is 11.3 Å². The standard InChI is InChI=1S/C18H18N4O2S/c1-11-17(25-10-21-11)18(23)22-7-14(16-15(8-22)19-9-20-16)12-3-5-13(24-2)6-4-12/h3-6,9-10,14H,7-8H2,1-2H3,(H,19,20). The third kappa shape index (κ3) is 2.80. The van der Waals surface area contributed by atoms with Gasteiger partial charge in [-0.25, -0.2) is 9.97 Å². The van der Waals surface area contributed by atoms with Gasteiger partial charge in [-0.3, -0.25) is 4.79 Å². The summed E-state index contributed by atoms with van der Waals surface area (Å²) in [6.07, 6.45) is 1.70. The van der Waals surface area contributed by atoms with Gasteiger partial charge in [-0.2, -0.15) is 0 Å². The lowest BCUT2D eigenvalue weighted by Crippen LogP contribution is -2.38. The van der Waals surface area contributed by atoms with Crippen molar-refractivity contribution in [3.63, 3.8) is 0 Å².